The maximum Gasteiger partial charge on any atom is 0.330 e. The molecule has 0 aliphatic carbocycles. The smallest absolute Gasteiger partial charge is 0.330 e. The molecule has 1 rings (SSSR count). The summed E-state index contributed by atoms with van der Waals surface area (Å²) in [7, 11) is 0. The highest BCUT2D eigenvalue weighted by molar-refractivity contribution is 5.82. The average molecular weight is 328 g/mol. The maximum absolute atomic E-state index is 11.9. The summed E-state index contributed by atoms with van der Waals surface area (Å²) >= 11 is 0. The molecule has 0 aromatic carbocycles. The van der Waals surface area contributed by atoms with Gasteiger partial charge in [0, 0.05) is 12.5 Å². The highest BCUT2D eigenvalue weighted by Gasteiger charge is 2.19. The van der Waals surface area contributed by atoms with Crippen LogP contribution in [-0.4, -0.2) is 45.7 Å². The zero-order valence-electron chi connectivity index (χ0n) is 14.2. The molecule has 0 spiro atoms. The van der Waals surface area contributed by atoms with Crippen molar-refractivity contribution in [3.05, 3.63) is 12.2 Å². The normalized spacial score (nSPS) is 32.8. The Morgan fingerprint density at radius 1 is 1.13 bits per heavy atom. The molecule has 1 aliphatic heterocycles. The first kappa shape index (κ1) is 20.1. The number of rotatable bonds is 4. The molecule has 0 radical (unpaired) electrons. The number of aliphatic hydroxyl groups is 3. The molecule has 0 saturated carbocycles. The summed E-state index contributed by atoms with van der Waals surface area (Å²) in [4.78, 5) is 11.9. The Morgan fingerprint density at radius 3 is 2.61 bits per heavy atom. The minimum absolute atomic E-state index is 0.0892. The van der Waals surface area contributed by atoms with Gasteiger partial charge >= 0.3 is 5.97 Å². The number of hydrogen-bond donors (Lipinski definition) is 3. The fourth-order valence-electron chi connectivity index (χ4n) is 2.86. The van der Waals surface area contributed by atoms with Crippen LogP contribution in [0, 0.1) is 0 Å². The van der Waals surface area contributed by atoms with Gasteiger partial charge in [0.15, 0.2) is 0 Å². The van der Waals surface area contributed by atoms with E-state index in [1.165, 1.54) is 12.2 Å². The first-order valence-corrected chi connectivity index (χ1v) is 8.96. The van der Waals surface area contributed by atoms with Crippen LogP contribution in [0.4, 0.5) is 0 Å². The Morgan fingerprint density at radius 2 is 1.87 bits per heavy atom. The van der Waals surface area contributed by atoms with E-state index < -0.39 is 24.3 Å². The Kier molecular flexibility index (Phi) is 10.2. The highest BCUT2D eigenvalue weighted by atomic mass is 16.5. The van der Waals surface area contributed by atoms with Gasteiger partial charge in [-0.1, -0.05) is 32.6 Å². The van der Waals surface area contributed by atoms with Gasteiger partial charge in [-0.2, -0.15) is 0 Å². The lowest BCUT2D eigenvalue weighted by atomic mass is 9.99. The number of carbonyl (C=O) groups excluding carboxylic acids is 1. The second-order valence-electron chi connectivity index (χ2n) is 6.50. The standard InChI is InChI=1S/C18H32O5/c1-2-3-5-9-15-10-7-4-6-8-14(19)13-17(21)16(20)11-12-18(22)23-15/h11-12,14-17,19-21H,2-10,13H2,1H3/b12-11-/t14-,15-,16-,17-/m1/s1. The van der Waals surface area contributed by atoms with E-state index in [2.05, 4.69) is 6.92 Å². The number of cyclic esters (lactones) is 1. The van der Waals surface area contributed by atoms with Crippen LogP contribution < -0.4 is 0 Å². The quantitative estimate of drug-likeness (QED) is 0.545. The molecule has 0 aromatic rings. The van der Waals surface area contributed by atoms with Gasteiger partial charge in [0.25, 0.3) is 0 Å². The lowest BCUT2D eigenvalue weighted by Crippen LogP contribution is -2.29. The molecule has 0 bridgehead atoms. The highest BCUT2D eigenvalue weighted by Crippen LogP contribution is 2.18. The van der Waals surface area contributed by atoms with Crippen molar-refractivity contribution in [2.24, 2.45) is 0 Å². The van der Waals surface area contributed by atoms with Gasteiger partial charge in [-0.05, 0) is 38.2 Å². The van der Waals surface area contributed by atoms with Crippen molar-refractivity contribution in [1.29, 1.82) is 0 Å². The van der Waals surface area contributed by atoms with Gasteiger partial charge in [-0.3, -0.25) is 0 Å². The summed E-state index contributed by atoms with van der Waals surface area (Å²) in [5.41, 5.74) is 0. The van der Waals surface area contributed by atoms with Crippen molar-refractivity contribution >= 4 is 5.97 Å². The van der Waals surface area contributed by atoms with E-state index in [1.807, 2.05) is 0 Å². The van der Waals surface area contributed by atoms with E-state index in [1.54, 1.807) is 0 Å². The SMILES string of the molecule is CCCCC[C@@H]1CCCCC[C@@H](O)C[C@@H](O)[C@H](O)/C=C\C(=O)O1. The fraction of sp³-hybridized carbons (Fsp3) is 0.833. The van der Waals surface area contributed by atoms with Crippen molar-refractivity contribution in [3.8, 4) is 0 Å². The summed E-state index contributed by atoms with van der Waals surface area (Å²) in [5.74, 6) is -0.477. The molecule has 4 atom stereocenters. The van der Waals surface area contributed by atoms with E-state index in [0.717, 1.165) is 51.4 Å². The first-order chi connectivity index (χ1) is 11.0. The van der Waals surface area contributed by atoms with Crippen molar-refractivity contribution < 1.29 is 24.9 Å². The summed E-state index contributed by atoms with van der Waals surface area (Å²) in [5, 5.41) is 29.5. The van der Waals surface area contributed by atoms with E-state index in [0.29, 0.717) is 6.42 Å². The third kappa shape index (κ3) is 9.08. The monoisotopic (exact) mass is 328 g/mol. The second-order valence-corrected chi connectivity index (χ2v) is 6.50. The molecule has 0 fully saturated rings. The van der Waals surface area contributed by atoms with Crippen molar-refractivity contribution in [2.75, 3.05) is 0 Å². The third-order valence-corrected chi connectivity index (χ3v) is 4.31. The molecule has 3 N–H and O–H groups in total. The lowest BCUT2D eigenvalue weighted by molar-refractivity contribution is -0.143. The van der Waals surface area contributed by atoms with Crippen LogP contribution in [0.5, 0.6) is 0 Å². The van der Waals surface area contributed by atoms with Crippen LogP contribution in [0.1, 0.15) is 71.1 Å². The summed E-state index contributed by atoms with van der Waals surface area (Å²) < 4.78 is 5.48. The molecule has 0 unspecified atom stereocenters. The minimum Gasteiger partial charge on any atom is -0.459 e. The summed E-state index contributed by atoms with van der Waals surface area (Å²) in [6.07, 6.45) is 8.00. The van der Waals surface area contributed by atoms with Crippen LogP contribution in [0.15, 0.2) is 12.2 Å². The number of carbonyl (C=O) groups is 1. The summed E-state index contributed by atoms with van der Waals surface area (Å²) in [6, 6.07) is 0. The molecule has 23 heavy (non-hydrogen) atoms. The maximum atomic E-state index is 11.9. The number of esters is 1. The Bertz CT molecular complexity index is 355. The van der Waals surface area contributed by atoms with Gasteiger partial charge in [0.05, 0.1) is 18.3 Å². The molecule has 0 amide bonds. The number of unbranched alkanes of at least 4 members (excludes halogenated alkanes) is 2. The second kappa shape index (κ2) is 11.6. The van der Waals surface area contributed by atoms with E-state index in [4.69, 9.17) is 4.74 Å². The zero-order valence-corrected chi connectivity index (χ0v) is 14.2. The predicted molar refractivity (Wildman–Crippen MR) is 88.9 cm³/mol. The Balaban J connectivity index is 2.63. The van der Waals surface area contributed by atoms with Crippen LogP contribution in [0.2, 0.25) is 0 Å². The third-order valence-electron chi connectivity index (χ3n) is 4.31. The van der Waals surface area contributed by atoms with Crippen LogP contribution in [-0.2, 0) is 9.53 Å². The predicted octanol–water partition coefficient (Wildman–Crippen LogP) is 2.47. The van der Waals surface area contributed by atoms with E-state index in [9.17, 15) is 20.1 Å². The first-order valence-electron chi connectivity index (χ1n) is 8.96. The Labute approximate surface area is 139 Å². The van der Waals surface area contributed by atoms with Crippen LogP contribution >= 0.6 is 0 Å². The molecule has 1 aliphatic rings. The van der Waals surface area contributed by atoms with Crippen LogP contribution in [0.25, 0.3) is 0 Å². The van der Waals surface area contributed by atoms with Gasteiger partial charge in [0.2, 0.25) is 0 Å². The molecule has 134 valence electrons. The number of ether oxygens (including phenoxy) is 1. The number of hydrogen-bond acceptors (Lipinski definition) is 5. The van der Waals surface area contributed by atoms with Gasteiger partial charge in [-0.25, -0.2) is 4.79 Å². The van der Waals surface area contributed by atoms with Crippen LogP contribution in [0.3, 0.4) is 0 Å². The van der Waals surface area contributed by atoms with E-state index >= 15 is 0 Å². The van der Waals surface area contributed by atoms with Crippen molar-refractivity contribution in [1.82, 2.24) is 0 Å². The van der Waals surface area contributed by atoms with Gasteiger partial charge < -0.3 is 20.1 Å². The zero-order chi connectivity index (χ0) is 17.1. The van der Waals surface area contributed by atoms with Crippen molar-refractivity contribution in [2.45, 2.75) is 95.5 Å². The number of aliphatic hydroxyl groups excluding tert-OH is 3. The van der Waals surface area contributed by atoms with Gasteiger partial charge in [0.1, 0.15) is 6.10 Å². The minimum atomic E-state index is -1.17. The van der Waals surface area contributed by atoms with Crippen molar-refractivity contribution in [3.63, 3.8) is 0 Å². The molecule has 5 nitrogen and oxygen atoms in total. The molecule has 5 heteroatoms. The van der Waals surface area contributed by atoms with Gasteiger partial charge in [-0.15, -0.1) is 0 Å². The van der Waals surface area contributed by atoms with E-state index in [-0.39, 0.29) is 12.5 Å². The fourth-order valence-corrected chi connectivity index (χ4v) is 2.86. The topological polar surface area (TPSA) is 87.0 Å². The molecule has 0 saturated heterocycles. The largest absolute Gasteiger partial charge is 0.459 e. The molecular formula is C18H32O5. The summed E-state index contributed by atoms with van der Waals surface area (Å²) in [6.45, 7) is 2.14. The lowest BCUT2D eigenvalue weighted by Gasteiger charge is -2.20. The molecule has 1 heterocycles. The Hall–Kier alpha value is -0.910. The average Bonchev–Trinajstić information content (AvgIpc) is 2.51. The molecular weight excluding hydrogens is 296 g/mol. The molecule has 0 aromatic heterocycles.